The van der Waals surface area contributed by atoms with Crippen molar-refractivity contribution in [2.45, 2.75) is 96.9 Å². The Morgan fingerprint density at radius 3 is 1.86 bits per heavy atom. The van der Waals surface area contributed by atoms with Crippen LogP contribution in [0.5, 0.6) is 0 Å². The molecule has 0 bridgehead atoms. The lowest BCUT2D eigenvalue weighted by atomic mass is 9.94. The van der Waals surface area contributed by atoms with Gasteiger partial charge in [0.2, 0.25) is 0 Å². The average molecular weight is 291 g/mol. The van der Waals surface area contributed by atoms with Crippen LogP contribution in [-0.2, 0) is 11.0 Å². The van der Waals surface area contributed by atoms with Crippen LogP contribution >= 0.6 is 0 Å². The summed E-state index contributed by atoms with van der Waals surface area (Å²) in [6.45, 7) is 13.3. The van der Waals surface area contributed by atoms with Gasteiger partial charge in [0.25, 0.3) is 0 Å². The van der Waals surface area contributed by atoms with Gasteiger partial charge in [-0.1, -0.05) is 46.5 Å². The Morgan fingerprint density at radius 2 is 1.48 bits per heavy atom. The van der Waals surface area contributed by atoms with Crippen molar-refractivity contribution < 1.29 is 0 Å². The van der Waals surface area contributed by atoms with Crippen LogP contribution in [0.25, 0.3) is 0 Å². The summed E-state index contributed by atoms with van der Waals surface area (Å²) in [6.07, 6.45) is 7.85. The first kappa shape index (κ1) is 16.4. The first-order valence-corrected chi connectivity index (χ1v) is 8.51. The molecule has 1 saturated carbocycles. The van der Waals surface area contributed by atoms with Gasteiger partial charge in [0.05, 0.1) is 5.69 Å². The van der Waals surface area contributed by atoms with Crippen molar-refractivity contribution in [1.29, 1.82) is 0 Å². The van der Waals surface area contributed by atoms with E-state index in [4.69, 9.17) is 10.7 Å². The van der Waals surface area contributed by atoms with Crippen molar-refractivity contribution in [2.24, 2.45) is 0 Å². The summed E-state index contributed by atoms with van der Waals surface area (Å²) in [5.74, 6) is 2.59. The van der Waals surface area contributed by atoms with Crippen molar-refractivity contribution in [1.82, 2.24) is 9.55 Å². The zero-order chi connectivity index (χ0) is 15.8. The summed E-state index contributed by atoms with van der Waals surface area (Å²) < 4.78 is 2.27. The lowest BCUT2D eigenvalue weighted by molar-refractivity contribution is 0.359. The number of nitrogens with zero attached hydrogens (tertiary/aromatic N) is 2. The molecule has 0 spiro atoms. The molecule has 21 heavy (non-hydrogen) atoms. The normalized spacial score (nSPS) is 18.8. The minimum absolute atomic E-state index is 0.0182. The van der Waals surface area contributed by atoms with E-state index in [9.17, 15) is 0 Å². The van der Waals surface area contributed by atoms with E-state index in [1.807, 2.05) is 0 Å². The molecule has 2 N–H and O–H groups in total. The van der Waals surface area contributed by atoms with E-state index < -0.39 is 0 Å². The number of nitrogen functional groups attached to an aromatic ring is 1. The Balaban J connectivity index is 2.50. The topological polar surface area (TPSA) is 43.8 Å². The van der Waals surface area contributed by atoms with E-state index >= 15 is 0 Å². The summed E-state index contributed by atoms with van der Waals surface area (Å²) in [7, 11) is 0. The molecule has 1 heterocycles. The number of aromatic nitrogens is 2. The third-order valence-electron chi connectivity index (χ3n) is 4.53. The van der Waals surface area contributed by atoms with Crippen molar-refractivity contribution in [3.8, 4) is 0 Å². The molecule has 0 saturated heterocycles. The molecule has 2 rings (SSSR count). The molecule has 0 unspecified atom stereocenters. The smallest absolute Gasteiger partial charge is 0.127 e. The van der Waals surface area contributed by atoms with E-state index in [-0.39, 0.29) is 11.0 Å². The highest BCUT2D eigenvalue weighted by atomic mass is 15.2. The predicted octanol–water partition coefficient (Wildman–Crippen LogP) is 4.96. The number of nitrogens with two attached hydrogens (primary N) is 1. The second-order valence-electron chi connectivity index (χ2n) is 8.65. The van der Waals surface area contributed by atoms with Gasteiger partial charge in [-0.05, 0) is 33.6 Å². The lowest BCUT2D eigenvalue weighted by Crippen LogP contribution is -2.30. The third-order valence-corrected chi connectivity index (χ3v) is 4.53. The standard InChI is InChI=1S/C18H33N3/c1-17(2,3)16-20-14(13-11-9-7-8-10-12-13)15(19)21(16)18(4,5)6/h13H,7-12,19H2,1-6H3. The molecule has 1 aromatic rings. The van der Waals surface area contributed by atoms with Crippen LogP contribution < -0.4 is 5.73 Å². The summed E-state index contributed by atoms with van der Waals surface area (Å²) in [6, 6.07) is 0. The van der Waals surface area contributed by atoms with Gasteiger partial charge in [0, 0.05) is 16.9 Å². The van der Waals surface area contributed by atoms with E-state index in [0.717, 1.165) is 17.3 Å². The second kappa shape index (κ2) is 5.66. The van der Waals surface area contributed by atoms with E-state index in [0.29, 0.717) is 5.92 Å². The molecule has 0 aliphatic heterocycles. The van der Waals surface area contributed by atoms with Crippen molar-refractivity contribution in [2.75, 3.05) is 5.73 Å². The number of anilines is 1. The van der Waals surface area contributed by atoms with Crippen LogP contribution in [0.3, 0.4) is 0 Å². The Bertz CT molecular complexity index is 478. The third kappa shape index (κ3) is 3.44. The molecule has 3 nitrogen and oxygen atoms in total. The number of rotatable bonds is 1. The molecule has 0 amide bonds. The van der Waals surface area contributed by atoms with Gasteiger partial charge >= 0.3 is 0 Å². The Morgan fingerprint density at radius 1 is 0.952 bits per heavy atom. The Hall–Kier alpha value is -0.990. The minimum Gasteiger partial charge on any atom is -0.384 e. The maximum atomic E-state index is 6.57. The van der Waals surface area contributed by atoms with Crippen molar-refractivity contribution in [3.63, 3.8) is 0 Å². The molecule has 1 aliphatic rings. The highest BCUT2D eigenvalue weighted by molar-refractivity contribution is 5.43. The Labute approximate surface area is 130 Å². The molecule has 0 aromatic carbocycles. The molecule has 0 radical (unpaired) electrons. The van der Waals surface area contributed by atoms with Gasteiger partial charge in [-0.25, -0.2) is 4.98 Å². The van der Waals surface area contributed by atoms with Gasteiger partial charge in [0.15, 0.2) is 0 Å². The fourth-order valence-electron chi connectivity index (χ4n) is 3.49. The van der Waals surface area contributed by atoms with Crippen LogP contribution in [0.15, 0.2) is 0 Å². The SMILES string of the molecule is CC(C)(C)c1nc(C2CCCCCC2)c(N)n1C(C)(C)C. The summed E-state index contributed by atoms with van der Waals surface area (Å²) in [4.78, 5) is 5.05. The molecule has 1 fully saturated rings. The molecule has 0 atom stereocenters. The maximum absolute atomic E-state index is 6.57. The minimum atomic E-state index is -0.0251. The fraction of sp³-hybridized carbons (Fsp3) is 0.833. The molecular weight excluding hydrogens is 258 g/mol. The number of hydrogen-bond acceptors (Lipinski definition) is 2. The van der Waals surface area contributed by atoms with E-state index in [1.54, 1.807) is 0 Å². The highest BCUT2D eigenvalue weighted by Gasteiger charge is 2.32. The van der Waals surface area contributed by atoms with Gasteiger partial charge in [-0.2, -0.15) is 0 Å². The van der Waals surface area contributed by atoms with Crippen LogP contribution in [0.4, 0.5) is 5.82 Å². The lowest BCUT2D eigenvalue weighted by Gasteiger charge is -2.29. The number of imidazole rings is 1. The number of hydrogen-bond donors (Lipinski definition) is 1. The van der Waals surface area contributed by atoms with E-state index in [2.05, 4.69) is 46.1 Å². The van der Waals surface area contributed by atoms with Crippen LogP contribution in [0.2, 0.25) is 0 Å². The average Bonchev–Trinajstić information content (AvgIpc) is 2.54. The highest BCUT2D eigenvalue weighted by Crippen LogP contribution is 2.39. The van der Waals surface area contributed by atoms with Crippen molar-refractivity contribution in [3.05, 3.63) is 11.5 Å². The van der Waals surface area contributed by atoms with Gasteiger partial charge in [-0.15, -0.1) is 0 Å². The Kier molecular flexibility index (Phi) is 4.41. The second-order valence-corrected chi connectivity index (χ2v) is 8.65. The largest absolute Gasteiger partial charge is 0.384 e. The fourth-order valence-corrected chi connectivity index (χ4v) is 3.49. The zero-order valence-electron chi connectivity index (χ0n) is 14.8. The van der Waals surface area contributed by atoms with Crippen LogP contribution in [0.1, 0.15) is 97.5 Å². The molecule has 1 aromatic heterocycles. The first-order chi connectivity index (χ1) is 9.62. The quantitative estimate of drug-likeness (QED) is 0.743. The summed E-state index contributed by atoms with van der Waals surface area (Å²) in [5, 5.41) is 0. The van der Waals surface area contributed by atoms with Gasteiger partial charge < -0.3 is 10.3 Å². The molecule has 3 heteroatoms. The first-order valence-electron chi connectivity index (χ1n) is 8.51. The monoisotopic (exact) mass is 291 g/mol. The summed E-state index contributed by atoms with van der Waals surface area (Å²) in [5.41, 5.74) is 7.73. The molecule has 1 aliphatic carbocycles. The molecular formula is C18H33N3. The van der Waals surface area contributed by atoms with Gasteiger partial charge in [0.1, 0.15) is 11.6 Å². The van der Waals surface area contributed by atoms with Crippen LogP contribution in [0, 0.1) is 0 Å². The predicted molar refractivity (Wildman–Crippen MR) is 90.8 cm³/mol. The van der Waals surface area contributed by atoms with E-state index in [1.165, 1.54) is 38.5 Å². The zero-order valence-corrected chi connectivity index (χ0v) is 14.8. The van der Waals surface area contributed by atoms with Crippen LogP contribution in [-0.4, -0.2) is 9.55 Å². The maximum Gasteiger partial charge on any atom is 0.127 e. The van der Waals surface area contributed by atoms with Crippen molar-refractivity contribution >= 4 is 5.82 Å². The summed E-state index contributed by atoms with van der Waals surface area (Å²) >= 11 is 0. The molecule has 120 valence electrons. The van der Waals surface area contributed by atoms with Gasteiger partial charge in [-0.3, -0.25) is 0 Å².